The zero-order valence-electron chi connectivity index (χ0n) is 14.2. The van der Waals surface area contributed by atoms with Crippen molar-refractivity contribution in [3.8, 4) is 11.3 Å². The fraction of sp³-hybridized carbons (Fsp3) is 0.158. The first kappa shape index (κ1) is 16.5. The molecule has 2 aromatic carbocycles. The van der Waals surface area contributed by atoms with Crippen LogP contribution >= 0.6 is 0 Å². The number of para-hydroxylation sites is 2. The van der Waals surface area contributed by atoms with Crippen LogP contribution in [0.5, 0.6) is 0 Å². The summed E-state index contributed by atoms with van der Waals surface area (Å²) >= 11 is 0. The Labute approximate surface area is 151 Å². The van der Waals surface area contributed by atoms with Crippen LogP contribution in [0.15, 0.2) is 65.2 Å². The molecule has 7 heteroatoms. The lowest BCUT2D eigenvalue weighted by atomic mass is 10.1. The van der Waals surface area contributed by atoms with Gasteiger partial charge in [-0.25, -0.2) is 13.4 Å². The summed E-state index contributed by atoms with van der Waals surface area (Å²) in [6.07, 6.45) is 1.21. The van der Waals surface area contributed by atoms with Gasteiger partial charge in [0.1, 0.15) is 17.3 Å². The Morgan fingerprint density at radius 1 is 1.04 bits per heavy atom. The number of aromatic nitrogens is 3. The molecule has 132 valence electrons. The highest BCUT2D eigenvalue weighted by atomic mass is 32.2. The average molecular weight is 367 g/mol. The minimum absolute atomic E-state index is 0.124. The molecule has 6 nitrogen and oxygen atoms in total. The van der Waals surface area contributed by atoms with Gasteiger partial charge in [-0.1, -0.05) is 47.6 Å². The molecule has 0 saturated heterocycles. The summed E-state index contributed by atoms with van der Waals surface area (Å²) in [4.78, 5) is 4.48. The van der Waals surface area contributed by atoms with Crippen LogP contribution in [-0.2, 0) is 22.1 Å². The molecule has 0 fully saturated rings. The van der Waals surface area contributed by atoms with Crippen molar-refractivity contribution in [1.82, 2.24) is 14.7 Å². The first-order chi connectivity index (χ1) is 12.5. The molecule has 0 N–H and O–H groups in total. The Morgan fingerprint density at radius 3 is 2.54 bits per heavy atom. The highest BCUT2D eigenvalue weighted by Crippen LogP contribution is 2.22. The van der Waals surface area contributed by atoms with E-state index >= 15 is 0 Å². The van der Waals surface area contributed by atoms with Gasteiger partial charge in [-0.3, -0.25) is 0 Å². The molecule has 0 spiro atoms. The predicted molar refractivity (Wildman–Crippen MR) is 99.3 cm³/mol. The van der Waals surface area contributed by atoms with Crippen molar-refractivity contribution < 1.29 is 12.9 Å². The van der Waals surface area contributed by atoms with Gasteiger partial charge in [0.25, 0.3) is 0 Å². The Kier molecular flexibility index (Phi) is 4.08. The lowest BCUT2D eigenvalue weighted by Crippen LogP contribution is -2.10. The summed E-state index contributed by atoms with van der Waals surface area (Å²) < 4.78 is 30.9. The summed E-state index contributed by atoms with van der Waals surface area (Å²) in [7, 11) is -3.21. The molecule has 0 aliphatic rings. The first-order valence-electron chi connectivity index (χ1n) is 8.12. The normalized spacial score (nSPS) is 11.9. The van der Waals surface area contributed by atoms with Gasteiger partial charge in [0.15, 0.2) is 15.6 Å². The third kappa shape index (κ3) is 3.39. The van der Waals surface area contributed by atoms with E-state index in [0.29, 0.717) is 18.1 Å². The van der Waals surface area contributed by atoms with Gasteiger partial charge in [-0.05, 0) is 12.1 Å². The number of nitrogens with zero attached hydrogens (tertiary/aromatic N) is 3. The number of hydrogen-bond acceptors (Lipinski definition) is 5. The maximum Gasteiger partial charge on any atom is 0.157 e. The van der Waals surface area contributed by atoms with E-state index in [2.05, 4.69) is 10.1 Å². The molecular formula is C19H17N3O3S. The highest BCUT2D eigenvalue weighted by Gasteiger charge is 2.17. The van der Waals surface area contributed by atoms with Crippen LogP contribution in [-0.4, -0.2) is 29.4 Å². The van der Waals surface area contributed by atoms with Gasteiger partial charge in [-0.2, -0.15) is 0 Å². The molecule has 0 radical (unpaired) electrons. The van der Waals surface area contributed by atoms with Gasteiger partial charge >= 0.3 is 0 Å². The van der Waals surface area contributed by atoms with Crippen molar-refractivity contribution in [3.05, 3.63) is 72.2 Å². The molecule has 0 aliphatic heterocycles. The molecule has 4 aromatic rings. The average Bonchev–Trinajstić information content (AvgIpc) is 3.20. The van der Waals surface area contributed by atoms with Crippen molar-refractivity contribution in [2.24, 2.45) is 0 Å². The van der Waals surface area contributed by atoms with Gasteiger partial charge < -0.3 is 9.09 Å². The van der Waals surface area contributed by atoms with Crippen molar-refractivity contribution in [2.75, 3.05) is 6.26 Å². The Bertz CT molecular complexity index is 1160. The van der Waals surface area contributed by atoms with Crippen LogP contribution in [0.25, 0.3) is 22.3 Å². The third-order valence-electron chi connectivity index (χ3n) is 4.07. The smallest absolute Gasteiger partial charge is 0.157 e. The van der Waals surface area contributed by atoms with E-state index in [9.17, 15) is 8.42 Å². The van der Waals surface area contributed by atoms with E-state index in [-0.39, 0.29) is 5.75 Å². The number of benzene rings is 2. The van der Waals surface area contributed by atoms with Crippen LogP contribution in [0.4, 0.5) is 0 Å². The van der Waals surface area contributed by atoms with Gasteiger partial charge in [0.05, 0.1) is 17.6 Å². The van der Waals surface area contributed by atoms with Crippen molar-refractivity contribution >= 4 is 20.9 Å². The fourth-order valence-electron chi connectivity index (χ4n) is 2.93. The number of imidazole rings is 1. The third-order valence-corrected chi connectivity index (χ3v) is 4.85. The number of hydrogen-bond donors (Lipinski definition) is 0. The van der Waals surface area contributed by atoms with Crippen LogP contribution in [0.1, 0.15) is 11.6 Å². The fourth-order valence-corrected chi connectivity index (χ4v) is 3.62. The van der Waals surface area contributed by atoms with E-state index in [1.54, 1.807) is 0 Å². The molecule has 26 heavy (non-hydrogen) atoms. The van der Waals surface area contributed by atoms with Crippen molar-refractivity contribution in [1.29, 1.82) is 0 Å². The second-order valence-corrected chi connectivity index (χ2v) is 8.36. The molecule has 0 unspecified atom stereocenters. The molecule has 4 rings (SSSR count). The lowest BCUT2D eigenvalue weighted by Gasteiger charge is -2.06. The molecule has 2 heterocycles. The quantitative estimate of drug-likeness (QED) is 0.541. The van der Waals surface area contributed by atoms with Gasteiger partial charge in [0.2, 0.25) is 0 Å². The van der Waals surface area contributed by atoms with E-state index < -0.39 is 9.84 Å². The maximum atomic E-state index is 11.8. The standard InChI is InChI=1S/C19H17N3O3S/c1-26(23,24)13-19-20-16-9-5-6-10-18(16)22(19)12-15-11-17(21-25-15)14-7-3-2-4-8-14/h2-11H,12-13H2,1H3. The monoisotopic (exact) mass is 367 g/mol. The molecule has 0 aliphatic carbocycles. The first-order valence-corrected chi connectivity index (χ1v) is 10.2. The molecule has 0 bridgehead atoms. The molecule has 0 atom stereocenters. The highest BCUT2D eigenvalue weighted by molar-refractivity contribution is 7.89. The topological polar surface area (TPSA) is 78.0 Å². The van der Waals surface area contributed by atoms with Crippen molar-refractivity contribution in [2.45, 2.75) is 12.3 Å². The minimum atomic E-state index is -3.21. The predicted octanol–water partition coefficient (Wildman–Crippen LogP) is 3.28. The largest absolute Gasteiger partial charge is 0.359 e. The molecule has 2 aromatic heterocycles. The van der Waals surface area contributed by atoms with E-state index in [0.717, 1.165) is 22.3 Å². The number of rotatable bonds is 5. The Balaban J connectivity index is 1.73. The van der Waals surface area contributed by atoms with Gasteiger partial charge in [-0.15, -0.1) is 0 Å². The van der Waals surface area contributed by atoms with Crippen LogP contribution in [0, 0.1) is 0 Å². The second-order valence-electron chi connectivity index (χ2n) is 6.22. The number of fused-ring (bicyclic) bond motifs is 1. The van der Waals surface area contributed by atoms with E-state index in [1.165, 1.54) is 6.26 Å². The molecule has 0 saturated carbocycles. The number of sulfone groups is 1. The van der Waals surface area contributed by atoms with Crippen LogP contribution in [0.2, 0.25) is 0 Å². The van der Waals surface area contributed by atoms with E-state index in [4.69, 9.17) is 4.52 Å². The van der Waals surface area contributed by atoms with Crippen molar-refractivity contribution in [3.63, 3.8) is 0 Å². The lowest BCUT2D eigenvalue weighted by molar-refractivity contribution is 0.378. The summed E-state index contributed by atoms with van der Waals surface area (Å²) in [5.41, 5.74) is 3.33. The molecular weight excluding hydrogens is 350 g/mol. The molecule has 0 amide bonds. The van der Waals surface area contributed by atoms with E-state index in [1.807, 2.05) is 65.2 Å². The summed E-state index contributed by atoms with van der Waals surface area (Å²) in [5, 5.41) is 4.12. The van der Waals surface area contributed by atoms with Crippen LogP contribution < -0.4 is 0 Å². The SMILES string of the molecule is CS(=O)(=O)Cc1nc2ccccc2n1Cc1cc(-c2ccccc2)no1. The summed E-state index contributed by atoms with van der Waals surface area (Å²) in [5.74, 6) is 1.01. The second kappa shape index (κ2) is 6.42. The maximum absolute atomic E-state index is 11.8. The minimum Gasteiger partial charge on any atom is -0.359 e. The summed E-state index contributed by atoms with van der Waals surface area (Å²) in [6.45, 7) is 0.366. The zero-order chi connectivity index (χ0) is 18.1. The zero-order valence-corrected chi connectivity index (χ0v) is 15.0. The van der Waals surface area contributed by atoms with Gasteiger partial charge in [0, 0.05) is 17.9 Å². The Hall–Kier alpha value is -2.93. The van der Waals surface area contributed by atoms with Crippen LogP contribution in [0.3, 0.4) is 0 Å². The summed E-state index contributed by atoms with van der Waals surface area (Å²) in [6, 6.07) is 19.2. The Morgan fingerprint density at radius 2 is 1.77 bits per heavy atom.